The molecule has 1 aliphatic heterocycles. The highest BCUT2D eigenvalue weighted by atomic mass is 16.1. The first-order valence-electron chi connectivity index (χ1n) is 12.1. The van der Waals surface area contributed by atoms with Crippen LogP contribution in [-0.4, -0.2) is 28.5 Å². The van der Waals surface area contributed by atoms with Gasteiger partial charge in [-0.05, 0) is 80.1 Å². The van der Waals surface area contributed by atoms with Gasteiger partial charge in [-0.25, -0.2) is 4.98 Å². The van der Waals surface area contributed by atoms with Gasteiger partial charge in [-0.3, -0.25) is 4.79 Å². The molecule has 1 saturated heterocycles. The van der Waals surface area contributed by atoms with E-state index in [1.54, 1.807) is 0 Å². The molecule has 0 spiro atoms. The second-order valence-electron chi connectivity index (χ2n) is 9.46. The summed E-state index contributed by atoms with van der Waals surface area (Å²) in [5, 5.41) is 3.13. The summed E-state index contributed by atoms with van der Waals surface area (Å²) in [6, 6.07) is 23.0. The lowest BCUT2D eigenvalue weighted by Crippen LogP contribution is -2.39. The number of rotatable bonds is 5. The third-order valence-electron chi connectivity index (χ3n) is 7.15. The Morgan fingerprint density at radius 3 is 2.41 bits per heavy atom. The van der Waals surface area contributed by atoms with Crippen LogP contribution in [0, 0.1) is 26.7 Å². The number of carbonyl (C=O) groups is 1. The summed E-state index contributed by atoms with van der Waals surface area (Å²) in [6.07, 6.45) is 1.65. The van der Waals surface area contributed by atoms with Crippen LogP contribution >= 0.6 is 0 Å². The Kier molecular flexibility index (Phi) is 6.10. The second-order valence-corrected chi connectivity index (χ2v) is 9.46. The van der Waals surface area contributed by atoms with Gasteiger partial charge in [-0.2, -0.15) is 0 Å². The van der Waals surface area contributed by atoms with Crippen LogP contribution in [0.2, 0.25) is 0 Å². The summed E-state index contributed by atoms with van der Waals surface area (Å²) in [6.45, 7) is 8.75. The molecular weight excluding hydrogens is 420 g/mol. The molecule has 0 bridgehead atoms. The van der Waals surface area contributed by atoms with Gasteiger partial charge in [0.1, 0.15) is 0 Å². The van der Waals surface area contributed by atoms with E-state index >= 15 is 0 Å². The highest BCUT2D eigenvalue weighted by Crippen LogP contribution is 2.29. The lowest BCUT2D eigenvalue weighted by molar-refractivity contribution is -0.120. The fourth-order valence-corrected chi connectivity index (χ4v) is 4.82. The molecule has 4 aromatic rings. The Hall–Kier alpha value is -3.60. The Bertz CT molecular complexity index is 1330. The number of imidazole rings is 1. The van der Waals surface area contributed by atoms with E-state index in [1.807, 2.05) is 12.1 Å². The van der Waals surface area contributed by atoms with Crippen molar-refractivity contribution in [3.63, 3.8) is 0 Å². The van der Waals surface area contributed by atoms with Gasteiger partial charge in [-0.15, -0.1) is 0 Å². The number of hydrogen-bond donors (Lipinski definition) is 1. The molecular formula is C29H32N4O. The summed E-state index contributed by atoms with van der Waals surface area (Å²) in [4.78, 5) is 20.3. The third kappa shape index (κ3) is 4.43. The van der Waals surface area contributed by atoms with E-state index in [1.165, 1.54) is 22.3 Å². The smallest absolute Gasteiger partial charge is 0.227 e. The van der Waals surface area contributed by atoms with Gasteiger partial charge in [0.15, 0.2) is 0 Å². The van der Waals surface area contributed by atoms with Gasteiger partial charge in [0, 0.05) is 24.7 Å². The number of hydrogen-bond acceptors (Lipinski definition) is 3. The van der Waals surface area contributed by atoms with E-state index in [0.717, 1.165) is 55.1 Å². The molecule has 1 fully saturated rings. The Labute approximate surface area is 201 Å². The van der Waals surface area contributed by atoms with Gasteiger partial charge < -0.3 is 14.8 Å². The van der Waals surface area contributed by atoms with Crippen molar-refractivity contribution >= 4 is 28.6 Å². The average Bonchev–Trinajstić information content (AvgIpc) is 3.21. The number of amides is 1. The molecule has 2 heterocycles. The first-order valence-corrected chi connectivity index (χ1v) is 12.1. The number of aromatic nitrogens is 2. The Morgan fingerprint density at radius 2 is 1.65 bits per heavy atom. The number of carbonyl (C=O) groups excluding carboxylic acids is 1. The van der Waals surface area contributed by atoms with Crippen LogP contribution in [0.5, 0.6) is 0 Å². The van der Waals surface area contributed by atoms with Crippen molar-refractivity contribution in [1.29, 1.82) is 0 Å². The van der Waals surface area contributed by atoms with Crippen molar-refractivity contribution in [3.8, 4) is 0 Å². The van der Waals surface area contributed by atoms with Gasteiger partial charge in [0.05, 0.1) is 17.6 Å². The summed E-state index contributed by atoms with van der Waals surface area (Å²) >= 11 is 0. The quantitative estimate of drug-likeness (QED) is 0.412. The number of nitrogens with zero attached hydrogens (tertiary/aromatic N) is 3. The Morgan fingerprint density at radius 1 is 0.912 bits per heavy atom. The molecule has 0 atom stereocenters. The number of benzene rings is 3. The van der Waals surface area contributed by atoms with Crippen LogP contribution in [-0.2, 0) is 11.3 Å². The molecule has 34 heavy (non-hydrogen) atoms. The van der Waals surface area contributed by atoms with E-state index in [4.69, 9.17) is 4.98 Å². The van der Waals surface area contributed by atoms with Crippen molar-refractivity contribution in [2.24, 2.45) is 5.92 Å². The first-order chi connectivity index (χ1) is 16.5. The van der Waals surface area contributed by atoms with Crippen LogP contribution in [0.3, 0.4) is 0 Å². The fourth-order valence-electron chi connectivity index (χ4n) is 4.82. The van der Waals surface area contributed by atoms with E-state index in [2.05, 4.69) is 90.2 Å². The standard InChI is InChI=1S/C29H32N4O/c1-20-12-13-25(18-22(20)3)30-28(34)23-14-16-32(17-15-23)29-31-26-10-6-7-11-27(26)33(29)19-24-9-5-4-8-21(24)2/h4-13,18,23H,14-17,19H2,1-3H3,(H,30,34). The van der Waals surface area contributed by atoms with Gasteiger partial charge >= 0.3 is 0 Å². The second kappa shape index (κ2) is 9.34. The fraction of sp³-hybridized carbons (Fsp3) is 0.310. The van der Waals surface area contributed by atoms with Gasteiger partial charge in [0.2, 0.25) is 11.9 Å². The maximum Gasteiger partial charge on any atom is 0.227 e. The Balaban J connectivity index is 1.33. The monoisotopic (exact) mass is 452 g/mol. The molecule has 174 valence electrons. The number of para-hydroxylation sites is 2. The maximum atomic E-state index is 12.9. The number of anilines is 2. The third-order valence-corrected chi connectivity index (χ3v) is 7.15. The zero-order valence-corrected chi connectivity index (χ0v) is 20.2. The van der Waals surface area contributed by atoms with Crippen LogP contribution in [0.4, 0.5) is 11.6 Å². The predicted molar refractivity (Wildman–Crippen MR) is 139 cm³/mol. The minimum absolute atomic E-state index is 0.0204. The molecule has 0 saturated carbocycles. The highest BCUT2D eigenvalue weighted by molar-refractivity contribution is 5.92. The zero-order valence-electron chi connectivity index (χ0n) is 20.2. The van der Waals surface area contributed by atoms with E-state index in [-0.39, 0.29) is 11.8 Å². The number of nitrogens with one attached hydrogen (secondary N) is 1. The van der Waals surface area contributed by atoms with E-state index in [9.17, 15) is 4.79 Å². The van der Waals surface area contributed by atoms with Gasteiger partial charge in [0.25, 0.3) is 0 Å². The molecule has 5 nitrogen and oxygen atoms in total. The molecule has 0 unspecified atom stereocenters. The predicted octanol–water partition coefficient (Wildman–Crippen LogP) is 5.86. The van der Waals surface area contributed by atoms with Crippen molar-refractivity contribution in [1.82, 2.24) is 9.55 Å². The van der Waals surface area contributed by atoms with E-state index in [0.29, 0.717) is 0 Å². The van der Waals surface area contributed by atoms with Crippen LogP contribution in [0.1, 0.15) is 35.1 Å². The molecule has 0 radical (unpaired) electrons. The SMILES string of the molecule is Cc1ccc(NC(=O)C2CCN(c3nc4ccccc4n3Cc3ccccc3C)CC2)cc1C. The number of piperidine rings is 1. The largest absolute Gasteiger partial charge is 0.342 e. The molecule has 1 aromatic heterocycles. The van der Waals surface area contributed by atoms with Gasteiger partial charge in [-0.1, -0.05) is 42.5 Å². The molecule has 5 rings (SSSR count). The van der Waals surface area contributed by atoms with E-state index < -0.39 is 0 Å². The maximum absolute atomic E-state index is 12.9. The molecule has 1 amide bonds. The number of aryl methyl sites for hydroxylation is 3. The summed E-state index contributed by atoms with van der Waals surface area (Å²) in [5.74, 6) is 1.14. The molecule has 1 aliphatic rings. The van der Waals surface area contributed by atoms with Crippen molar-refractivity contribution in [3.05, 3.63) is 89.0 Å². The highest BCUT2D eigenvalue weighted by Gasteiger charge is 2.28. The first kappa shape index (κ1) is 22.2. The van der Waals surface area contributed by atoms with Crippen LogP contribution in [0.25, 0.3) is 11.0 Å². The summed E-state index contributed by atoms with van der Waals surface area (Å²) in [7, 11) is 0. The van der Waals surface area contributed by atoms with Crippen LogP contribution in [0.15, 0.2) is 66.7 Å². The molecule has 1 N–H and O–H groups in total. The summed E-state index contributed by atoms with van der Waals surface area (Å²) < 4.78 is 2.33. The molecule has 3 aromatic carbocycles. The van der Waals surface area contributed by atoms with Crippen molar-refractivity contribution < 1.29 is 4.79 Å². The minimum Gasteiger partial charge on any atom is -0.342 e. The minimum atomic E-state index is 0.0204. The lowest BCUT2D eigenvalue weighted by atomic mass is 9.96. The zero-order chi connectivity index (χ0) is 23.7. The summed E-state index contributed by atoms with van der Waals surface area (Å²) in [5.41, 5.74) is 8.06. The van der Waals surface area contributed by atoms with Crippen molar-refractivity contribution in [2.45, 2.75) is 40.2 Å². The number of fused-ring (bicyclic) bond motifs is 1. The average molecular weight is 453 g/mol. The van der Waals surface area contributed by atoms with Crippen molar-refractivity contribution in [2.75, 3.05) is 23.3 Å². The molecule has 0 aliphatic carbocycles. The molecule has 5 heteroatoms. The van der Waals surface area contributed by atoms with Crippen LogP contribution < -0.4 is 10.2 Å². The lowest BCUT2D eigenvalue weighted by Gasteiger charge is -2.32. The normalized spacial score (nSPS) is 14.5. The topological polar surface area (TPSA) is 50.2 Å².